The van der Waals surface area contributed by atoms with Crippen LogP contribution in [0.25, 0.3) is 0 Å². The number of halogens is 1. The molecule has 15 heavy (non-hydrogen) atoms. The van der Waals surface area contributed by atoms with Crippen LogP contribution in [-0.2, 0) is 0 Å². The smallest absolute Gasteiger partial charge is 0.140 e. The van der Waals surface area contributed by atoms with Gasteiger partial charge in [0.25, 0.3) is 0 Å². The molecule has 4 heteroatoms. The number of nitrogens with two attached hydrogens (primary N) is 1. The number of nitrogen functional groups attached to an aromatic ring is 1. The lowest BCUT2D eigenvalue weighted by Gasteiger charge is -2.29. The minimum absolute atomic E-state index is 0.455. The second-order valence-corrected chi connectivity index (χ2v) is 4.82. The van der Waals surface area contributed by atoms with Crippen molar-refractivity contribution >= 4 is 17.4 Å². The van der Waals surface area contributed by atoms with E-state index in [1.165, 1.54) is 32.1 Å². The SMILES string of the molecule is CCC1CCCC(n2ncc(Cl)c2N)C1. The van der Waals surface area contributed by atoms with Crippen LogP contribution < -0.4 is 5.73 Å². The minimum atomic E-state index is 0.455. The van der Waals surface area contributed by atoms with Crippen molar-refractivity contribution in [3.8, 4) is 0 Å². The minimum Gasteiger partial charge on any atom is -0.383 e. The zero-order valence-electron chi connectivity index (χ0n) is 9.12. The maximum atomic E-state index is 5.91. The van der Waals surface area contributed by atoms with Crippen molar-refractivity contribution in [2.24, 2.45) is 5.92 Å². The Morgan fingerprint density at radius 3 is 3.00 bits per heavy atom. The van der Waals surface area contributed by atoms with Crippen molar-refractivity contribution in [3.63, 3.8) is 0 Å². The third kappa shape index (κ3) is 2.12. The van der Waals surface area contributed by atoms with Gasteiger partial charge in [-0.3, -0.25) is 0 Å². The lowest BCUT2D eigenvalue weighted by Crippen LogP contribution is -2.21. The summed E-state index contributed by atoms with van der Waals surface area (Å²) in [4.78, 5) is 0. The van der Waals surface area contributed by atoms with Gasteiger partial charge >= 0.3 is 0 Å². The number of nitrogens with zero attached hydrogens (tertiary/aromatic N) is 2. The van der Waals surface area contributed by atoms with Crippen molar-refractivity contribution in [1.82, 2.24) is 9.78 Å². The van der Waals surface area contributed by atoms with Crippen LogP contribution in [0, 0.1) is 5.92 Å². The fraction of sp³-hybridized carbons (Fsp3) is 0.727. The summed E-state index contributed by atoms with van der Waals surface area (Å²) in [5.74, 6) is 1.45. The molecule has 1 aliphatic carbocycles. The van der Waals surface area contributed by atoms with Crippen LogP contribution in [0.3, 0.4) is 0 Å². The van der Waals surface area contributed by atoms with E-state index in [1.807, 2.05) is 4.68 Å². The Hall–Kier alpha value is -0.700. The first-order valence-corrected chi connectivity index (χ1v) is 6.08. The maximum absolute atomic E-state index is 5.91. The van der Waals surface area contributed by atoms with Gasteiger partial charge in [-0.25, -0.2) is 4.68 Å². The first-order valence-electron chi connectivity index (χ1n) is 5.70. The molecule has 0 aliphatic heterocycles. The van der Waals surface area contributed by atoms with Crippen LogP contribution in [0.1, 0.15) is 45.1 Å². The third-order valence-electron chi connectivity index (χ3n) is 3.47. The van der Waals surface area contributed by atoms with Crippen molar-refractivity contribution in [2.75, 3.05) is 5.73 Å². The van der Waals surface area contributed by atoms with Gasteiger partial charge in [-0.15, -0.1) is 0 Å². The van der Waals surface area contributed by atoms with E-state index in [-0.39, 0.29) is 0 Å². The van der Waals surface area contributed by atoms with E-state index in [0.29, 0.717) is 16.9 Å². The Morgan fingerprint density at radius 2 is 2.40 bits per heavy atom. The Morgan fingerprint density at radius 1 is 1.60 bits per heavy atom. The summed E-state index contributed by atoms with van der Waals surface area (Å²) < 4.78 is 1.91. The highest BCUT2D eigenvalue weighted by atomic mass is 35.5. The van der Waals surface area contributed by atoms with Crippen molar-refractivity contribution in [1.29, 1.82) is 0 Å². The van der Waals surface area contributed by atoms with Crippen LogP contribution in [0.15, 0.2) is 6.20 Å². The number of hydrogen-bond acceptors (Lipinski definition) is 2. The van der Waals surface area contributed by atoms with Crippen LogP contribution >= 0.6 is 11.6 Å². The summed E-state index contributed by atoms with van der Waals surface area (Å²) in [5, 5.41) is 4.84. The van der Waals surface area contributed by atoms with Crippen molar-refractivity contribution < 1.29 is 0 Å². The monoisotopic (exact) mass is 227 g/mol. The molecule has 1 aromatic heterocycles. The molecular formula is C11H18ClN3. The average Bonchev–Trinajstić information content (AvgIpc) is 2.60. The molecule has 1 aliphatic rings. The predicted molar refractivity (Wildman–Crippen MR) is 62.9 cm³/mol. The molecule has 2 N–H and O–H groups in total. The lowest BCUT2D eigenvalue weighted by molar-refractivity contribution is 0.250. The van der Waals surface area contributed by atoms with Crippen LogP contribution in [-0.4, -0.2) is 9.78 Å². The molecule has 2 unspecified atom stereocenters. The van der Waals surface area contributed by atoms with E-state index in [1.54, 1.807) is 6.20 Å². The molecule has 84 valence electrons. The van der Waals surface area contributed by atoms with Gasteiger partial charge in [-0.1, -0.05) is 37.8 Å². The van der Waals surface area contributed by atoms with Gasteiger partial charge in [0.1, 0.15) is 10.8 Å². The second kappa shape index (κ2) is 4.44. The Bertz CT molecular complexity index is 335. The first-order chi connectivity index (χ1) is 7.22. The molecule has 0 aromatic carbocycles. The molecule has 0 spiro atoms. The molecule has 2 rings (SSSR count). The highest BCUT2D eigenvalue weighted by Crippen LogP contribution is 2.36. The normalized spacial score (nSPS) is 26.8. The van der Waals surface area contributed by atoms with Gasteiger partial charge in [0.05, 0.1) is 12.2 Å². The molecule has 0 bridgehead atoms. The molecule has 1 heterocycles. The average molecular weight is 228 g/mol. The molecule has 0 radical (unpaired) electrons. The van der Waals surface area contributed by atoms with E-state index >= 15 is 0 Å². The van der Waals surface area contributed by atoms with Gasteiger partial charge in [0.15, 0.2) is 0 Å². The first kappa shape index (κ1) is 10.8. The number of anilines is 1. The van der Waals surface area contributed by atoms with Crippen LogP contribution in [0.5, 0.6) is 0 Å². The Balaban J connectivity index is 2.13. The topological polar surface area (TPSA) is 43.8 Å². The zero-order chi connectivity index (χ0) is 10.8. The highest BCUT2D eigenvalue weighted by Gasteiger charge is 2.24. The standard InChI is InChI=1S/C11H18ClN3/c1-2-8-4-3-5-9(6-8)15-11(13)10(12)7-14-15/h7-9H,2-6,13H2,1H3. The van der Waals surface area contributed by atoms with Gasteiger partial charge < -0.3 is 5.73 Å². The van der Waals surface area contributed by atoms with Gasteiger partial charge in [-0.05, 0) is 18.8 Å². The fourth-order valence-corrected chi connectivity index (χ4v) is 2.63. The molecule has 0 amide bonds. The molecule has 1 fully saturated rings. The van der Waals surface area contributed by atoms with Crippen LogP contribution in [0.2, 0.25) is 5.02 Å². The molecule has 1 saturated carbocycles. The molecule has 1 aromatic rings. The molecular weight excluding hydrogens is 210 g/mol. The second-order valence-electron chi connectivity index (χ2n) is 4.42. The molecule has 0 saturated heterocycles. The summed E-state index contributed by atoms with van der Waals surface area (Å²) in [6.45, 7) is 2.26. The highest BCUT2D eigenvalue weighted by molar-refractivity contribution is 6.32. The Kier molecular flexibility index (Phi) is 3.19. The third-order valence-corrected chi connectivity index (χ3v) is 3.76. The predicted octanol–water partition coefficient (Wildman–Crippen LogP) is 3.26. The van der Waals surface area contributed by atoms with E-state index in [2.05, 4.69) is 12.0 Å². The summed E-state index contributed by atoms with van der Waals surface area (Å²) in [6.07, 6.45) is 7.90. The van der Waals surface area contributed by atoms with E-state index in [9.17, 15) is 0 Å². The van der Waals surface area contributed by atoms with E-state index in [0.717, 1.165) is 5.92 Å². The Labute approximate surface area is 95.6 Å². The van der Waals surface area contributed by atoms with Gasteiger partial charge in [0, 0.05) is 0 Å². The van der Waals surface area contributed by atoms with E-state index in [4.69, 9.17) is 17.3 Å². The van der Waals surface area contributed by atoms with Crippen molar-refractivity contribution in [3.05, 3.63) is 11.2 Å². The summed E-state index contributed by atoms with van der Waals surface area (Å²) in [7, 11) is 0. The quantitative estimate of drug-likeness (QED) is 0.843. The largest absolute Gasteiger partial charge is 0.383 e. The number of rotatable bonds is 2. The number of hydrogen-bond donors (Lipinski definition) is 1. The summed E-state index contributed by atoms with van der Waals surface area (Å²) >= 11 is 5.91. The van der Waals surface area contributed by atoms with Gasteiger partial charge in [-0.2, -0.15) is 5.10 Å². The van der Waals surface area contributed by atoms with Crippen molar-refractivity contribution in [2.45, 2.75) is 45.1 Å². The maximum Gasteiger partial charge on any atom is 0.140 e. The lowest BCUT2D eigenvalue weighted by atomic mass is 9.84. The zero-order valence-corrected chi connectivity index (χ0v) is 9.87. The summed E-state index contributed by atoms with van der Waals surface area (Å²) in [6, 6.07) is 0.455. The van der Waals surface area contributed by atoms with Gasteiger partial charge in [0.2, 0.25) is 0 Å². The molecule has 2 atom stereocenters. The number of aromatic nitrogens is 2. The fourth-order valence-electron chi connectivity index (χ4n) is 2.50. The molecule has 3 nitrogen and oxygen atoms in total. The summed E-state index contributed by atoms with van der Waals surface area (Å²) in [5.41, 5.74) is 5.89. The van der Waals surface area contributed by atoms with Crippen LogP contribution in [0.4, 0.5) is 5.82 Å². The van der Waals surface area contributed by atoms with E-state index < -0.39 is 0 Å².